The molecule has 3 aromatic carbocycles. The van der Waals surface area contributed by atoms with Crippen LogP contribution in [0.2, 0.25) is 0 Å². The molecule has 208 valence electrons. The summed E-state index contributed by atoms with van der Waals surface area (Å²) in [5, 5.41) is 19.7. The Morgan fingerprint density at radius 2 is 1.56 bits per heavy atom. The number of nitrogens with zero attached hydrogens (tertiary/aromatic N) is 3. The summed E-state index contributed by atoms with van der Waals surface area (Å²) in [4.78, 5) is 38.4. The van der Waals surface area contributed by atoms with Gasteiger partial charge in [-0.25, -0.2) is 4.79 Å². The molecule has 0 aliphatic carbocycles. The molecule has 0 aliphatic rings. The van der Waals surface area contributed by atoms with Gasteiger partial charge in [0.2, 0.25) is 0 Å². The van der Waals surface area contributed by atoms with E-state index in [0.29, 0.717) is 33.9 Å². The molecule has 3 N–H and O–H groups in total. The van der Waals surface area contributed by atoms with Crippen LogP contribution in [0, 0.1) is 11.8 Å². The number of nitrogens with one attached hydrogen (secondary N) is 2. The molecule has 0 radical (unpaired) electrons. The Balaban J connectivity index is 1.44. The summed E-state index contributed by atoms with van der Waals surface area (Å²) in [5.41, 5.74) is 2.89. The summed E-state index contributed by atoms with van der Waals surface area (Å²) in [6, 6.07) is 24.9. The van der Waals surface area contributed by atoms with Crippen molar-refractivity contribution in [2.75, 3.05) is 17.2 Å². The van der Waals surface area contributed by atoms with Gasteiger partial charge in [0, 0.05) is 41.0 Å². The molecule has 4 rings (SSSR count). The summed E-state index contributed by atoms with van der Waals surface area (Å²) in [7, 11) is 1.75. The van der Waals surface area contributed by atoms with Gasteiger partial charge in [-0.15, -0.1) is 0 Å². The van der Waals surface area contributed by atoms with Crippen LogP contribution in [-0.4, -0.2) is 49.8 Å². The Morgan fingerprint density at radius 1 is 0.902 bits per heavy atom. The number of carbonyl (C=O) groups excluding carboxylic acids is 2. The zero-order valence-corrected chi connectivity index (χ0v) is 23.3. The third kappa shape index (κ3) is 7.19. The maximum Gasteiger partial charge on any atom is 0.408 e. The molecule has 4 aromatic rings. The molecule has 3 amide bonds. The van der Waals surface area contributed by atoms with Gasteiger partial charge < -0.3 is 15.7 Å². The molecular weight excluding hydrogens is 518 g/mol. The molecule has 0 saturated carbocycles. The van der Waals surface area contributed by atoms with Crippen LogP contribution in [0.15, 0.2) is 84.9 Å². The van der Waals surface area contributed by atoms with E-state index in [0.717, 1.165) is 5.56 Å². The van der Waals surface area contributed by atoms with Gasteiger partial charge in [-0.3, -0.25) is 19.2 Å². The number of hydrogen-bond donors (Lipinski definition) is 3. The van der Waals surface area contributed by atoms with E-state index in [2.05, 4.69) is 27.6 Å². The van der Waals surface area contributed by atoms with Crippen LogP contribution in [0.25, 0.3) is 11.3 Å². The molecule has 1 heterocycles. The van der Waals surface area contributed by atoms with Gasteiger partial charge in [0.1, 0.15) is 5.82 Å². The molecule has 0 aliphatic heterocycles. The van der Waals surface area contributed by atoms with Crippen molar-refractivity contribution >= 4 is 29.4 Å². The Labute approximate surface area is 238 Å². The standard InChI is InChI=1S/C32H31N5O4/c1-32(2,3)37(31(40)41)20-10-14-22-11-8-9-15-26(22)30(39)33-25-18-16-23(17-19-25)27-21-28(36(4)35-27)34-29(38)24-12-6-5-7-13-24/h5-9,11-13,15-19,21H,20H2,1-4H3,(H,33,39)(H,34,38)(H,40,41). The number of carboxylic acid groups (broad SMARTS) is 1. The summed E-state index contributed by atoms with van der Waals surface area (Å²) >= 11 is 0. The highest BCUT2D eigenvalue weighted by Crippen LogP contribution is 2.24. The van der Waals surface area contributed by atoms with Crippen molar-refractivity contribution < 1.29 is 19.5 Å². The predicted octanol–water partition coefficient (Wildman–Crippen LogP) is 5.72. The maximum atomic E-state index is 13.1. The van der Waals surface area contributed by atoms with Crippen molar-refractivity contribution in [1.29, 1.82) is 0 Å². The van der Waals surface area contributed by atoms with E-state index in [-0.39, 0.29) is 18.4 Å². The van der Waals surface area contributed by atoms with Crippen molar-refractivity contribution in [2.45, 2.75) is 26.3 Å². The summed E-state index contributed by atoms with van der Waals surface area (Å²) in [6.07, 6.45) is -1.06. The number of aryl methyl sites for hydroxylation is 1. The van der Waals surface area contributed by atoms with Gasteiger partial charge in [0.25, 0.3) is 11.8 Å². The van der Waals surface area contributed by atoms with Crippen LogP contribution in [0.3, 0.4) is 0 Å². The van der Waals surface area contributed by atoms with E-state index in [9.17, 15) is 19.5 Å². The third-order valence-corrected chi connectivity index (χ3v) is 6.27. The quantitative estimate of drug-likeness (QED) is 0.266. The van der Waals surface area contributed by atoms with Gasteiger partial charge >= 0.3 is 6.09 Å². The van der Waals surface area contributed by atoms with Crippen molar-refractivity contribution in [2.24, 2.45) is 7.05 Å². The van der Waals surface area contributed by atoms with E-state index in [1.807, 2.05) is 18.2 Å². The fraction of sp³-hybridized carbons (Fsp3) is 0.188. The van der Waals surface area contributed by atoms with E-state index >= 15 is 0 Å². The molecule has 0 saturated heterocycles. The molecule has 0 fully saturated rings. The van der Waals surface area contributed by atoms with Gasteiger partial charge in [0.05, 0.1) is 17.8 Å². The maximum absolute atomic E-state index is 13.1. The van der Waals surface area contributed by atoms with Gasteiger partial charge in [-0.1, -0.05) is 54.3 Å². The lowest BCUT2D eigenvalue weighted by molar-refractivity contribution is 0.101. The van der Waals surface area contributed by atoms with Crippen molar-refractivity contribution in [1.82, 2.24) is 14.7 Å². The topological polar surface area (TPSA) is 117 Å². The lowest BCUT2D eigenvalue weighted by atomic mass is 10.1. The van der Waals surface area contributed by atoms with Gasteiger partial charge in [-0.2, -0.15) is 5.10 Å². The smallest absolute Gasteiger partial charge is 0.408 e. The van der Waals surface area contributed by atoms with E-state index < -0.39 is 11.6 Å². The molecule has 0 bridgehead atoms. The van der Waals surface area contributed by atoms with Gasteiger partial charge in [-0.05, 0) is 57.2 Å². The number of hydrogen-bond acceptors (Lipinski definition) is 4. The highest BCUT2D eigenvalue weighted by atomic mass is 16.4. The highest BCUT2D eigenvalue weighted by Gasteiger charge is 2.25. The number of aromatic nitrogens is 2. The minimum Gasteiger partial charge on any atom is -0.465 e. The second-order valence-corrected chi connectivity index (χ2v) is 10.3. The van der Waals surface area contributed by atoms with Crippen molar-refractivity contribution in [3.8, 4) is 23.1 Å². The first-order valence-corrected chi connectivity index (χ1v) is 12.9. The molecule has 41 heavy (non-hydrogen) atoms. The SMILES string of the molecule is Cn1nc(-c2ccc(NC(=O)c3ccccc3C#CCN(C(=O)O)C(C)(C)C)cc2)cc1NC(=O)c1ccccc1. The number of benzene rings is 3. The predicted molar refractivity (Wildman–Crippen MR) is 159 cm³/mol. The Morgan fingerprint density at radius 3 is 2.22 bits per heavy atom. The molecule has 0 unspecified atom stereocenters. The minimum atomic E-state index is -1.06. The Bertz CT molecular complexity index is 1620. The van der Waals surface area contributed by atoms with E-state index in [4.69, 9.17) is 0 Å². The number of amides is 3. The molecule has 9 heteroatoms. The first-order chi connectivity index (χ1) is 19.5. The second kappa shape index (κ2) is 12.2. The highest BCUT2D eigenvalue weighted by molar-refractivity contribution is 6.06. The average Bonchev–Trinajstić information content (AvgIpc) is 3.30. The number of anilines is 2. The van der Waals surface area contributed by atoms with E-state index in [1.165, 1.54) is 4.90 Å². The third-order valence-electron chi connectivity index (χ3n) is 6.27. The van der Waals surface area contributed by atoms with Crippen LogP contribution in [-0.2, 0) is 7.05 Å². The minimum absolute atomic E-state index is 0.0153. The Hall–Kier alpha value is -5.36. The first-order valence-electron chi connectivity index (χ1n) is 12.9. The Kier molecular flexibility index (Phi) is 8.54. The zero-order valence-electron chi connectivity index (χ0n) is 23.3. The molecule has 0 atom stereocenters. The van der Waals surface area contributed by atoms with Crippen LogP contribution in [0.4, 0.5) is 16.3 Å². The lowest BCUT2D eigenvalue weighted by Gasteiger charge is -2.31. The second-order valence-electron chi connectivity index (χ2n) is 10.3. The van der Waals surface area contributed by atoms with Gasteiger partial charge in [0.15, 0.2) is 0 Å². The molecule has 1 aromatic heterocycles. The molecule has 0 spiro atoms. The average molecular weight is 550 g/mol. The van der Waals surface area contributed by atoms with E-state index in [1.54, 1.807) is 99.2 Å². The first kappa shape index (κ1) is 28.6. The monoisotopic (exact) mass is 549 g/mol. The van der Waals surface area contributed by atoms with Crippen molar-refractivity contribution in [3.05, 3.63) is 102 Å². The number of rotatable bonds is 6. The summed E-state index contributed by atoms with van der Waals surface area (Å²) in [6.45, 7) is 5.41. The zero-order chi connectivity index (χ0) is 29.6. The van der Waals surface area contributed by atoms with Crippen LogP contribution < -0.4 is 10.6 Å². The lowest BCUT2D eigenvalue weighted by Crippen LogP contribution is -2.45. The largest absolute Gasteiger partial charge is 0.465 e. The number of carbonyl (C=O) groups is 3. The summed E-state index contributed by atoms with van der Waals surface area (Å²) in [5.74, 6) is 5.82. The molecule has 9 nitrogen and oxygen atoms in total. The fourth-order valence-electron chi connectivity index (χ4n) is 4.02. The van der Waals surface area contributed by atoms with Crippen LogP contribution in [0.5, 0.6) is 0 Å². The van der Waals surface area contributed by atoms with Crippen molar-refractivity contribution in [3.63, 3.8) is 0 Å². The van der Waals surface area contributed by atoms with Crippen LogP contribution >= 0.6 is 0 Å². The summed E-state index contributed by atoms with van der Waals surface area (Å²) < 4.78 is 1.60. The fourth-order valence-corrected chi connectivity index (χ4v) is 4.02. The molecular formula is C32H31N5O4. The van der Waals surface area contributed by atoms with Crippen LogP contribution in [0.1, 0.15) is 47.1 Å². The normalized spacial score (nSPS) is 10.7.